The number of fused-ring (bicyclic) bond motifs is 1. The van der Waals surface area contributed by atoms with Crippen LogP contribution < -0.4 is 15.8 Å². The van der Waals surface area contributed by atoms with E-state index in [0.29, 0.717) is 48.0 Å². The smallest absolute Gasteiger partial charge is 0.416 e. The number of hydrogen-bond donors (Lipinski definition) is 2. The summed E-state index contributed by atoms with van der Waals surface area (Å²) in [6, 6.07) is 6.41. The molecule has 12 nitrogen and oxygen atoms in total. The van der Waals surface area contributed by atoms with Crippen molar-refractivity contribution in [1.29, 1.82) is 0 Å². The first-order chi connectivity index (χ1) is 21.5. The van der Waals surface area contributed by atoms with E-state index < -0.39 is 23.8 Å². The predicted octanol–water partition coefficient (Wildman–Crippen LogP) is 4.35. The van der Waals surface area contributed by atoms with E-state index in [1.165, 1.54) is 19.2 Å². The molecular weight excluding hydrogens is 591 g/mol. The summed E-state index contributed by atoms with van der Waals surface area (Å²) in [4.78, 5) is 28.4. The molecule has 1 aromatic carbocycles. The van der Waals surface area contributed by atoms with E-state index in [9.17, 15) is 18.0 Å². The summed E-state index contributed by atoms with van der Waals surface area (Å²) in [5.41, 5.74) is 8.21. The van der Waals surface area contributed by atoms with E-state index in [1.54, 1.807) is 23.1 Å². The van der Waals surface area contributed by atoms with Crippen molar-refractivity contribution in [2.45, 2.75) is 31.8 Å². The summed E-state index contributed by atoms with van der Waals surface area (Å²) in [6.45, 7) is 3.86. The molecule has 15 heteroatoms. The number of carbonyl (C=O) groups is 1. The largest absolute Gasteiger partial charge is 0.496 e. The lowest BCUT2D eigenvalue weighted by Crippen LogP contribution is -2.44. The third-order valence-electron chi connectivity index (χ3n) is 7.65. The molecule has 0 unspecified atom stereocenters. The molecule has 0 aliphatic carbocycles. The fourth-order valence-corrected chi connectivity index (χ4v) is 5.36. The average Bonchev–Trinajstić information content (AvgIpc) is 3.61. The van der Waals surface area contributed by atoms with Gasteiger partial charge in [-0.2, -0.15) is 18.3 Å². The first kappa shape index (κ1) is 30.0. The Kier molecular flexibility index (Phi) is 7.88. The third kappa shape index (κ3) is 6.04. The number of imidazole rings is 1. The van der Waals surface area contributed by atoms with Gasteiger partial charge in [-0.15, -0.1) is 0 Å². The van der Waals surface area contributed by atoms with Crippen molar-refractivity contribution < 1.29 is 27.4 Å². The molecule has 1 fully saturated rings. The Balaban J connectivity index is 1.32. The monoisotopic (exact) mass is 621 g/mol. The quantitative estimate of drug-likeness (QED) is 0.272. The van der Waals surface area contributed by atoms with Crippen LogP contribution in [0.4, 0.5) is 24.8 Å². The number of nitrogens with zero attached hydrogens (tertiary/aromatic N) is 7. The molecule has 0 radical (unpaired) electrons. The molecule has 5 aromatic rings. The highest BCUT2D eigenvalue weighted by Gasteiger charge is 2.33. The second-order valence-electron chi connectivity index (χ2n) is 10.8. The van der Waals surface area contributed by atoms with Crippen LogP contribution in [-0.4, -0.2) is 66.2 Å². The number of morpholine rings is 1. The number of carbonyl (C=O) groups excluding carboxylic acids is 1. The lowest BCUT2D eigenvalue weighted by atomic mass is 10.1. The molecule has 3 N–H and O–H groups in total. The third-order valence-corrected chi connectivity index (χ3v) is 7.65. The Morgan fingerprint density at radius 2 is 2.02 bits per heavy atom. The molecule has 6 rings (SSSR count). The number of hydrogen-bond acceptors (Lipinski definition) is 9. The second kappa shape index (κ2) is 11.8. The van der Waals surface area contributed by atoms with Crippen LogP contribution in [0.5, 0.6) is 5.75 Å². The first-order valence-corrected chi connectivity index (χ1v) is 14.0. The van der Waals surface area contributed by atoms with Crippen molar-refractivity contribution >= 4 is 23.1 Å². The Hall–Kier alpha value is -5.02. The molecule has 4 aromatic heterocycles. The fourth-order valence-electron chi connectivity index (χ4n) is 5.36. The van der Waals surface area contributed by atoms with Gasteiger partial charge in [0.2, 0.25) is 0 Å². The highest BCUT2D eigenvalue weighted by molar-refractivity contribution is 6.04. The number of nitrogen functional groups attached to an aromatic ring is 1. The highest BCUT2D eigenvalue weighted by atomic mass is 19.4. The van der Waals surface area contributed by atoms with Gasteiger partial charge in [-0.25, -0.2) is 15.0 Å². The summed E-state index contributed by atoms with van der Waals surface area (Å²) in [5.74, 6) is 0.257. The van der Waals surface area contributed by atoms with Gasteiger partial charge in [-0.3, -0.25) is 18.8 Å². The molecule has 0 spiro atoms. The van der Waals surface area contributed by atoms with Crippen molar-refractivity contribution in [3.8, 4) is 17.0 Å². The minimum absolute atomic E-state index is 0.139. The van der Waals surface area contributed by atoms with Crippen LogP contribution in [-0.2, 0) is 24.5 Å². The molecule has 45 heavy (non-hydrogen) atoms. The van der Waals surface area contributed by atoms with E-state index in [4.69, 9.17) is 20.2 Å². The van der Waals surface area contributed by atoms with E-state index in [-0.39, 0.29) is 23.2 Å². The fraction of sp³-hybridized carbons (Fsp3) is 0.300. The first-order valence-electron chi connectivity index (χ1n) is 14.0. The Morgan fingerprint density at radius 1 is 1.20 bits per heavy atom. The summed E-state index contributed by atoms with van der Waals surface area (Å²) < 4.78 is 54.9. The summed E-state index contributed by atoms with van der Waals surface area (Å²) in [7, 11) is 3.32. The SMILES string of the molecule is COc1cc(C(=O)Nc2cc(C(F)(F)F)ccn2)ccc1-c1nc([C@H]2CN(Cc3cnn(C)c3)[C@@H](C)CO2)n2ccnc(N)c12. The van der Waals surface area contributed by atoms with Gasteiger partial charge in [-0.1, -0.05) is 0 Å². The van der Waals surface area contributed by atoms with Crippen LogP contribution in [0, 0.1) is 0 Å². The van der Waals surface area contributed by atoms with Crippen LogP contribution in [0.1, 0.15) is 40.3 Å². The number of pyridine rings is 1. The van der Waals surface area contributed by atoms with Crippen LogP contribution in [0.15, 0.2) is 61.3 Å². The molecule has 1 aliphatic heterocycles. The number of methoxy groups -OCH3 is 1. The van der Waals surface area contributed by atoms with Gasteiger partial charge in [0.25, 0.3) is 5.91 Å². The normalized spacial score (nSPS) is 17.5. The van der Waals surface area contributed by atoms with Crippen molar-refractivity contribution in [3.05, 3.63) is 83.8 Å². The van der Waals surface area contributed by atoms with E-state index >= 15 is 0 Å². The standard InChI is InChI=1S/C30H30F3N9O3/c1-17-16-45-23(15-41(17)14-18-12-37-40(2)13-18)28-39-25(26-27(34)36-8-9-42(26)28)21-5-4-19(10-22(21)44-3)29(43)38-24-11-20(6-7-35-24)30(31,32)33/h4-13,17,23H,14-16H2,1-3H3,(H2,34,36)(H,35,38,43)/t17-,23+/m0/s1. The zero-order valence-electron chi connectivity index (χ0n) is 24.6. The number of amides is 1. The molecule has 1 amide bonds. The number of halogens is 3. The maximum absolute atomic E-state index is 13.1. The number of alkyl halides is 3. The highest BCUT2D eigenvalue weighted by Crippen LogP contribution is 2.38. The number of benzene rings is 1. The molecule has 5 heterocycles. The number of aromatic nitrogens is 6. The minimum atomic E-state index is -4.57. The molecule has 2 atom stereocenters. The zero-order chi connectivity index (χ0) is 31.9. The molecular formula is C30H30F3N9O3. The molecule has 0 saturated carbocycles. The van der Waals surface area contributed by atoms with Crippen molar-refractivity contribution in [2.75, 3.05) is 31.3 Å². The number of rotatable bonds is 7. The topological polar surface area (TPSA) is 138 Å². The van der Waals surface area contributed by atoms with E-state index in [0.717, 1.165) is 23.9 Å². The van der Waals surface area contributed by atoms with Gasteiger partial charge in [0, 0.05) is 67.7 Å². The number of nitrogens with one attached hydrogen (secondary N) is 1. The second-order valence-corrected chi connectivity index (χ2v) is 10.8. The van der Waals surface area contributed by atoms with E-state index in [2.05, 4.69) is 32.2 Å². The van der Waals surface area contributed by atoms with Crippen LogP contribution in [0.25, 0.3) is 16.8 Å². The van der Waals surface area contributed by atoms with E-state index in [1.807, 2.05) is 23.8 Å². The Morgan fingerprint density at radius 3 is 2.76 bits per heavy atom. The predicted molar refractivity (Wildman–Crippen MR) is 158 cm³/mol. The molecule has 1 aliphatic rings. The maximum Gasteiger partial charge on any atom is 0.416 e. The zero-order valence-corrected chi connectivity index (χ0v) is 24.6. The molecule has 0 bridgehead atoms. The van der Waals surface area contributed by atoms with Gasteiger partial charge >= 0.3 is 6.18 Å². The van der Waals surface area contributed by atoms with Crippen molar-refractivity contribution in [3.63, 3.8) is 0 Å². The summed E-state index contributed by atoms with van der Waals surface area (Å²) in [5, 5.41) is 6.69. The number of aryl methyl sites for hydroxylation is 1. The van der Waals surface area contributed by atoms with Gasteiger partial charge in [0.05, 0.1) is 25.5 Å². The number of anilines is 2. The van der Waals surface area contributed by atoms with Gasteiger partial charge in [-0.05, 0) is 37.3 Å². The van der Waals surface area contributed by atoms with Gasteiger partial charge in [0.15, 0.2) is 0 Å². The molecule has 1 saturated heterocycles. The van der Waals surface area contributed by atoms with Crippen LogP contribution in [0.2, 0.25) is 0 Å². The lowest BCUT2D eigenvalue weighted by molar-refractivity contribution is -0.137. The Bertz CT molecular complexity index is 1870. The summed E-state index contributed by atoms with van der Waals surface area (Å²) >= 11 is 0. The van der Waals surface area contributed by atoms with Crippen LogP contribution in [0.3, 0.4) is 0 Å². The minimum Gasteiger partial charge on any atom is -0.496 e. The van der Waals surface area contributed by atoms with Gasteiger partial charge in [0.1, 0.15) is 40.5 Å². The van der Waals surface area contributed by atoms with Crippen LogP contribution >= 0.6 is 0 Å². The number of ether oxygens (including phenoxy) is 2. The van der Waals surface area contributed by atoms with Gasteiger partial charge < -0.3 is 20.5 Å². The Labute approximate surface area is 255 Å². The average molecular weight is 622 g/mol. The van der Waals surface area contributed by atoms with Crippen molar-refractivity contribution in [1.82, 2.24) is 34.0 Å². The number of nitrogens with two attached hydrogens (primary N) is 1. The van der Waals surface area contributed by atoms with Crippen molar-refractivity contribution in [2.24, 2.45) is 7.05 Å². The maximum atomic E-state index is 13.1. The summed E-state index contributed by atoms with van der Waals surface area (Å²) in [6.07, 6.45) is 3.20. The molecule has 234 valence electrons. The lowest BCUT2D eigenvalue weighted by Gasteiger charge is -2.37.